The normalized spacial score (nSPS) is 26.5. The molecule has 0 aromatic heterocycles. The first kappa shape index (κ1) is 64.8. The van der Waals surface area contributed by atoms with E-state index in [-0.39, 0.29) is 18.9 Å². The molecule has 2 heterocycles. The Bertz CT molecular complexity index is 1620. The number of amides is 1. The minimum Gasteiger partial charge on any atom is -0.394 e. The number of ether oxygens (including phenoxy) is 4. The summed E-state index contributed by atoms with van der Waals surface area (Å²) in [6.07, 6.45) is 42.7. The van der Waals surface area contributed by atoms with E-state index in [9.17, 15) is 45.6 Å². The first-order valence-corrected chi connectivity index (χ1v) is 27.1. The number of rotatable bonds is 40. The molecule has 0 aliphatic carbocycles. The van der Waals surface area contributed by atoms with E-state index in [0.717, 1.165) is 57.8 Å². The molecule has 2 saturated heterocycles. The highest BCUT2D eigenvalue weighted by Crippen LogP contribution is 2.30. The number of aliphatic hydroxyl groups is 8. The summed E-state index contributed by atoms with van der Waals surface area (Å²) in [6, 6.07) is -0.969. The summed E-state index contributed by atoms with van der Waals surface area (Å²) in [7, 11) is 0. The second-order valence-electron chi connectivity index (χ2n) is 18.6. The van der Waals surface area contributed by atoms with Crippen molar-refractivity contribution >= 4 is 5.91 Å². The van der Waals surface area contributed by atoms with Crippen molar-refractivity contribution in [1.82, 2.24) is 5.32 Å². The van der Waals surface area contributed by atoms with E-state index in [1.54, 1.807) is 6.08 Å². The van der Waals surface area contributed by atoms with Crippen LogP contribution in [0.3, 0.4) is 0 Å². The quantitative estimate of drug-likeness (QED) is 0.0209. The van der Waals surface area contributed by atoms with Crippen molar-refractivity contribution in [3.05, 3.63) is 109 Å². The van der Waals surface area contributed by atoms with Gasteiger partial charge in [-0.25, -0.2) is 0 Å². The largest absolute Gasteiger partial charge is 0.394 e. The van der Waals surface area contributed by atoms with E-state index in [4.69, 9.17) is 18.9 Å². The zero-order valence-corrected chi connectivity index (χ0v) is 43.6. The number of carbonyl (C=O) groups excluding carboxylic acids is 1. The van der Waals surface area contributed by atoms with Crippen LogP contribution in [0.15, 0.2) is 109 Å². The lowest BCUT2D eigenvalue weighted by atomic mass is 9.97. The predicted octanol–water partition coefficient (Wildman–Crippen LogP) is 8.10. The number of carbonyl (C=O) groups is 1. The monoisotopic (exact) mass is 1010 g/mol. The van der Waals surface area contributed by atoms with Crippen LogP contribution in [0.1, 0.15) is 155 Å². The molecule has 0 spiro atoms. The van der Waals surface area contributed by atoms with E-state index < -0.39 is 86.8 Å². The van der Waals surface area contributed by atoms with E-state index in [2.05, 4.69) is 110 Å². The van der Waals surface area contributed by atoms with Crippen molar-refractivity contribution in [3.8, 4) is 0 Å². The highest BCUT2D eigenvalue weighted by Gasteiger charge is 2.51. The van der Waals surface area contributed by atoms with Crippen LogP contribution in [-0.2, 0) is 23.7 Å². The first-order valence-electron chi connectivity index (χ1n) is 27.1. The van der Waals surface area contributed by atoms with Crippen LogP contribution in [-0.4, -0.2) is 140 Å². The SMILES string of the molecule is CC/C=C\C/C=C\C/C=C\C/C=C\C/C=C\C/C=C\C/C=C\CCCC(=O)NC(COC1OC(CO)C(OC2OC(CO)C(O)C(O)C2O)C(O)C1O)C(O)/C=C/CC/C=C/CCCCCCCCCCC. The maximum atomic E-state index is 13.2. The lowest BCUT2D eigenvalue weighted by molar-refractivity contribution is -0.359. The van der Waals surface area contributed by atoms with Gasteiger partial charge in [0.25, 0.3) is 0 Å². The predicted molar refractivity (Wildman–Crippen MR) is 285 cm³/mol. The lowest BCUT2D eigenvalue weighted by Gasteiger charge is -2.46. The zero-order chi connectivity index (χ0) is 52.4. The van der Waals surface area contributed by atoms with Crippen LogP contribution in [0.2, 0.25) is 0 Å². The molecule has 2 aliphatic rings. The molecule has 0 bridgehead atoms. The fourth-order valence-electron chi connectivity index (χ4n) is 8.06. The average molecular weight is 1010 g/mol. The molecule has 12 unspecified atom stereocenters. The van der Waals surface area contributed by atoms with Crippen LogP contribution in [0, 0.1) is 0 Å². The standard InChI is InChI=1S/C58H95NO13/c1-3-5-7-9-11-13-15-17-19-20-21-22-23-24-25-26-28-30-32-34-36-38-40-42-50(63)59-46(47(62)41-39-37-35-33-31-29-27-18-16-14-12-10-8-6-4-2)45-69-57-55(68)53(66)56(49(44-61)71-57)72-58-54(67)52(65)51(64)48(43-60)70-58/h5,7,11,13,17,19,21-22,24-25,28,30-31,33-34,36,39,41,46-49,51-58,60-62,64-68H,3-4,6,8-10,12,14-16,18,20,23,26-27,29,32,35,37-38,40,42-45H2,1-2H3,(H,59,63)/b7-5-,13-11-,19-17-,22-21-,25-24-,30-28-,33-31+,36-34-,41-39+. The van der Waals surface area contributed by atoms with Gasteiger partial charge in [-0.15, -0.1) is 0 Å². The molecule has 2 rings (SSSR count). The summed E-state index contributed by atoms with van der Waals surface area (Å²) in [5.41, 5.74) is 0. The van der Waals surface area contributed by atoms with Gasteiger partial charge in [-0.3, -0.25) is 4.79 Å². The maximum Gasteiger partial charge on any atom is 0.220 e. The Labute approximate surface area is 432 Å². The molecule has 0 saturated carbocycles. The van der Waals surface area contributed by atoms with Gasteiger partial charge in [-0.05, 0) is 83.5 Å². The van der Waals surface area contributed by atoms with Gasteiger partial charge in [0.2, 0.25) is 5.91 Å². The Morgan fingerprint density at radius 2 is 0.972 bits per heavy atom. The van der Waals surface area contributed by atoms with Crippen LogP contribution >= 0.6 is 0 Å². The Morgan fingerprint density at radius 3 is 1.53 bits per heavy atom. The molecule has 2 fully saturated rings. The molecular formula is C58H95NO13. The highest BCUT2D eigenvalue weighted by atomic mass is 16.7. The highest BCUT2D eigenvalue weighted by molar-refractivity contribution is 5.76. The van der Waals surface area contributed by atoms with Crippen molar-refractivity contribution in [1.29, 1.82) is 0 Å². The van der Waals surface area contributed by atoms with Crippen LogP contribution in [0.5, 0.6) is 0 Å². The average Bonchev–Trinajstić information content (AvgIpc) is 3.38. The van der Waals surface area contributed by atoms with Gasteiger partial charge in [0, 0.05) is 6.42 Å². The molecule has 9 N–H and O–H groups in total. The molecule has 0 radical (unpaired) electrons. The van der Waals surface area contributed by atoms with Crippen LogP contribution in [0.4, 0.5) is 0 Å². The van der Waals surface area contributed by atoms with E-state index in [1.165, 1.54) is 57.8 Å². The van der Waals surface area contributed by atoms with Crippen molar-refractivity contribution < 1.29 is 64.6 Å². The van der Waals surface area contributed by atoms with Crippen LogP contribution < -0.4 is 5.32 Å². The van der Waals surface area contributed by atoms with Crippen molar-refractivity contribution in [2.24, 2.45) is 0 Å². The number of unbranched alkanes of at least 4 members (excludes halogenated alkanes) is 11. The molecule has 2 aliphatic heterocycles. The first-order chi connectivity index (χ1) is 35.1. The number of allylic oxidation sites excluding steroid dienone is 17. The summed E-state index contributed by atoms with van der Waals surface area (Å²) >= 11 is 0. The van der Waals surface area contributed by atoms with Crippen LogP contribution in [0.25, 0.3) is 0 Å². The van der Waals surface area contributed by atoms with Crippen molar-refractivity contribution in [3.63, 3.8) is 0 Å². The number of aliphatic hydroxyl groups excluding tert-OH is 8. The Kier molecular flexibility index (Phi) is 38.6. The molecule has 1 amide bonds. The second-order valence-corrected chi connectivity index (χ2v) is 18.6. The molecule has 14 nitrogen and oxygen atoms in total. The molecule has 12 atom stereocenters. The van der Waals surface area contributed by atoms with Gasteiger partial charge in [0.1, 0.15) is 48.8 Å². The number of hydrogen-bond acceptors (Lipinski definition) is 13. The van der Waals surface area contributed by atoms with E-state index in [0.29, 0.717) is 19.3 Å². The summed E-state index contributed by atoms with van der Waals surface area (Å²) in [4.78, 5) is 13.2. The maximum absolute atomic E-state index is 13.2. The third kappa shape index (κ3) is 28.9. The minimum atomic E-state index is -1.80. The fraction of sp³-hybridized carbons (Fsp3) is 0.672. The molecule has 0 aromatic rings. The van der Waals surface area contributed by atoms with E-state index >= 15 is 0 Å². The minimum absolute atomic E-state index is 0.186. The zero-order valence-electron chi connectivity index (χ0n) is 43.6. The van der Waals surface area contributed by atoms with Gasteiger partial charge in [-0.1, -0.05) is 175 Å². The van der Waals surface area contributed by atoms with Gasteiger partial charge in [0.15, 0.2) is 12.6 Å². The Hall–Kier alpha value is -3.35. The smallest absolute Gasteiger partial charge is 0.220 e. The third-order valence-corrected chi connectivity index (χ3v) is 12.4. The lowest BCUT2D eigenvalue weighted by Crippen LogP contribution is -2.65. The van der Waals surface area contributed by atoms with Gasteiger partial charge in [0.05, 0.1) is 32.0 Å². The van der Waals surface area contributed by atoms with E-state index in [1.807, 2.05) is 12.2 Å². The van der Waals surface area contributed by atoms with Gasteiger partial charge >= 0.3 is 0 Å². The van der Waals surface area contributed by atoms with Gasteiger partial charge in [-0.2, -0.15) is 0 Å². The molecular weight excluding hydrogens is 919 g/mol. The van der Waals surface area contributed by atoms with Gasteiger partial charge < -0.3 is 65.1 Å². The molecule has 14 heteroatoms. The topological polar surface area (TPSA) is 228 Å². The number of nitrogens with one attached hydrogen (secondary N) is 1. The van der Waals surface area contributed by atoms with Crippen molar-refractivity contribution in [2.75, 3.05) is 19.8 Å². The Balaban J connectivity index is 1.86. The Morgan fingerprint density at radius 1 is 0.514 bits per heavy atom. The summed E-state index contributed by atoms with van der Waals surface area (Å²) in [5, 5.41) is 86.8. The second kappa shape index (κ2) is 42.9. The summed E-state index contributed by atoms with van der Waals surface area (Å²) in [5.74, 6) is -0.313. The fourth-order valence-corrected chi connectivity index (χ4v) is 8.06. The third-order valence-electron chi connectivity index (χ3n) is 12.4. The molecule has 0 aromatic carbocycles. The summed E-state index contributed by atoms with van der Waals surface area (Å²) in [6.45, 7) is 2.59. The molecule has 72 heavy (non-hydrogen) atoms. The van der Waals surface area contributed by atoms with Crippen molar-refractivity contribution in [2.45, 2.75) is 229 Å². The molecule has 410 valence electrons. The summed E-state index contributed by atoms with van der Waals surface area (Å²) < 4.78 is 22.7. The number of hydrogen-bond donors (Lipinski definition) is 9.